The third-order valence-electron chi connectivity index (χ3n) is 2.68. The van der Waals surface area contributed by atoms with Gasteiger partial charge in [-0.15, -0.1) is 0 Å². The van der Waals surface area contributed by atoms with Gasteiger partial charge in [-0.2, -0.15) is 0 Å². The normalized spacial score (nSPS) is 16.2. The Hall–Kier alpha value is -1.28. The van der Waals surface area contributed by atoms with Gasteiger partial charge in [-0.05, 0) is 24.0 Å². The highest BCUT2D eigenvalue weighted by Crippen LogP contribution is 2.24. The molecule has 84 valence electrons. The molecule has 0 aliphatic carbocycles. The Bertz CT molecular complexity index is 409. The van der Waals surface area contributed by atoms with Gasteiger partial charge in [-0.25, -0.2) is 4.79 Å². The Labute approximate surface area is 99.9 Å². The van der Waals surface area contributed by atoms with E-state index in [1.54, 1.807) is 0 Å². The van der Waals surface area contributed by atoms with E-state index in [1.807, 2.05) is 18.2 Å². The Morgan fingerprint density at radius 1 is 1.19 bits per heavy atom. The number of carbonyl (C=O) groups is 1. The minimum absolute atomic E-state index is 0.280. The van der Waals surface area contributed by atoms with Crippen molar-refractivity contribution in [3.05, 3.63) is 46.5 Å². The fourth-order valence-electron chi connectivity index (χ4n) is 1.76. The molecule has 1 aliphatic heterocycles. The standard InChI is InChI=1S/C13H13ClO2/c14-12-11(8-9-16-13(12)15)7-6-10-4-2-1-3-5-10/h1-5H,6-9H2. The van der Waals surface area contributed by atoms with E-state index in [0.717, 1.165) is 24.8 Å². The van der Waals surface area contributed by atoms with Crippen LogP contribution >= 0.6 is 11.6 Å². The van der Waals surface area contributed by atoms with Gasteiger partial charge in [0.1, 0.15) is 5.03 Å². The molecule has 2 nitrogen and oxygen atoms in total. The first kappa shape index (κ1) is 11.2. The smallest absolute Gasteiger partial charge is 0.349 e. The summed E-state index contributed by atoms with van der Waals surface area (Å²) in [6.45, 7) is 0.458. The van der Waals surface area contributed by atoms with Crippen LogP contribution in [-0.4, -0.2) is 12.6 Å². The lowest BCUT2D eigenvalue weighted by Crippen LogP contribution is -2.15. The van der Waals surface area contributed by atoms with Crippen molar-refractivity contribution in [2.24, 2.45) is 0 Å². The minimum Gasteiger partial charge on any atom is -0.461 e. The summed E-state index contributed by atoms with van der Waals surface area (Å²) < 4.78 is 4.84. The third kappa shape index (κ3) is 2.64. The predicted molar refractivity (Wildman–Crippen MR) is 63.2 cm³/mol. The lowest BCUT2D eigenvalue weighted by atomic mass is 10.0. The zero-order valence-electron chi connectivity index (χ0n) is 8.91. The van der Waals surface area contributed by atoms with Gasteiger partial charge in [0.05, 0.1) is 6.61 Å². The second-order valence-corrected chi connectivity index (χ2v) is 4.17. The molecular formula is C13H13ClO2. The molecule has 0 atom stereocenters. The van der Waals surface area contributed by atoms with Crippen LogP contribution in [-0.2, 0) is 16.0 Å². The van der Waals surface area contributed by atoms with Crippen molar-refractivity contribution < 1.29 is 9.53 Å². The van der Waals surface area contributed by atoms with E-state index in [-0.39, 0.29) is 11.0 Å². The summed E-state index contributed by atoms with van der Waals surface area (Å²) in [5.41, 5.74) is 2.28. The van der Waals surface area contributed by atoms with E-state index >= 15 is 0 Å². The third-order valence-corrected chi connectivity index (χ3v) is 3.11. The van der Waals surface area contributed by atoms with Crippen molar-refractivity contribution in [2.45, 2.75) is 19.3 Å². The number of aryl methyl sites for hydroxylation is 1. The largest absolute Gasteiger partial charge is 0.461 e. The number of cyclic esters (lactones) is 1. The molecule has 1 aromatic rings. The summed E-state index contributed by atoms with van der Waals surface area (Å²) in [7, 11) is 0. The fourth-order valence-corrected chi connectivity index (χ4v) is 2.00. The molecule has 0 amide bonds. The molecule has 0 saturated carbocycles. The molecule has 0 spiro atoms. The molecule has 3 heteroatoms. The van der Waals surface area contributed by atoms with E-state index in [2.05, 4.69) is 12.1 Å². The Balaban J connectivity index is 2.00. The molecule has 0 unspecified atom stereocenters. The average molecular weight is 237 g/mol. The molecule has 0 radical (unpaired) electrons. The number of rotatable bonds is 3. The molecule has 1 aliphatic rings. The monoisotopic (exact) mass is 236 g/mol. The lowest BCUT2D eigenvalue weighted by molar-refractivity contribution is -0.139. The molecule has 1 aromatic carbocycles. The van der Waals surface area contributed by atoms with E-state index < -0.39 is 0 Å². The number of carbonyl (C=O) groups excluding carboxylic acids is 1. The Morgan fingerprint density at radius 3 is 2.69 bits per heavy atom. The zero-order chi connectivity index (χ0) is 11.4. The van der Waals surface area contributed by atoms with Gasteiger partial charge in [-0.1, -0.05) is 41.9 Å². The minimum atomic E-state index is -0.379. The van der Waals surface area contributed by atoms with Crippen LogP contribution in [0.25, 0.3) is 0 Å². The van der Waals surface area contributed by atoms with Gasteiger partial charge in [0.2, 0.25) is 0 Å². The molecule has 2 rings (SSSR count). The van der Waals surface area contributed by atoms with Crippen LogP contribution in [0, 0.1) is 0 Å². The van der Waals surface area contributed by atoms with Gasteiger partial charge in [0, 0.05) is 6.42 Å². The van der Waals surface area contributed by atoms with Gasteiger partial charge in [0.25, 0.3) is 0 Å². The van der Waals surface area contributed by atoms with Crippen molar-refractivity contribution >= 4 is 17.6 Å². The highest BCUT2D eigenvalue weighted by atomic mass is 35.5. The average Bonchev–Trinajstić information content (AvgIpc) is 2.32. The van der Waals surface area contributed by atoms with E-state index in [0.29, 0.717) is 6.61 Å². The van der Waals surface area contributed by atoms with Crippen LogP contribution in [0.3, 0.4) is 0 Å². The summed E-state index contributed by atoms with van der Waals surface area (Å²) in [5.74, 6) is -0.379. The van der Waals surface area contributed by atoms with Crippen molar-refractivity contribution in [3.63, 3.8) is 0 Å². The molecule has 16 heavy (non-hydrogen) atoms. The molecule has 0 fully saturated rings. The van der Waals surface area contributed by atoms with Crippen molar-refractivity contribution in [1.29, 1.82) is 0 Å². The second-order valence-electron chi connectivity index (χ2n) is 3.79. The first-order valence-electron chi connectivity index (χ1n) is 5.36. The topological polar surface area (TPSA) is 26.3 Å². The highest BCUT2D eigenvalue weighted by Gasteiger charge is 2.19. The zero-order valence-corrected chi connectivity index (χ0v) is 9.67. The second kappa shape index (κ2) is 5.17. The van der Waals surface area contributed by atoms with Crippen molar-refractivity contribution in [3.8, 4) is 0 Å². The maximum atomic E-state index is 11.2. The molecule has 0 aromatic heterocycles. The van der Waals surface area contributed by atoms with Gasteiger partial charge in [0.15, 0.2) is 0 Å². The quantitative estimate of drug-likeness (QED) is 0.754. The summed E-state index contributed by atoms with van der Waals surface area (Å²) >= 11 is 5.90. The van der Waals surface area contributed by atoms with E-state index in [9.17, 15) is 4.79 Å². The van der Waals surface area contributed by atoms with Crippen LogP contribution in [0.4, 0.5) is 0 Å². The number of hydrogen-bond acceptors (Lipinski definition) is 2. The highest BCUT2D eigenvalue weighted by molar-refractivity contribution is 6.41. The van der Waals surface area contributed by atoms with Gasteiger partial charge in [-0.3, -0.25) is 0 Å². The predicted octanol–water partition coefficient (Wildman–Crippen LogP) is 3.06. The number of benzene rings is 1. The summed E-state index contributed by atoms with van der Waals surface area (Å²) in [6.07, 6.45) is 2.51. The van der Waals surface area contributed by atoms with Crippen LogP contribution in [0.2, 0.25) is 0 Å². The summed E-state index contributed by atoms with van der Waals surface area (Å²) in [4.78, 5) is 11.2. The maximum Gasteiger partial charge on any atom is 0.349 e. The van der Waals surface area contributed by atoms with Crippen molar-refractivity contribution in [2.75, 3.05) is 6.61 Å². The molecule has 1 heterocycles. The SMILES string of the molecule is O=C1OCCC(CCc2ccccc2)=C1Cl. The van der Waals surface area contributed by atoms with E-state index in [4.69, 9.17) is 16.3 Å². The van der Waals surface area contributed by atoms with Crippen LogP contribution in [0.5, 0.6) is 0 Å². The van der Waals surface area contributed by atoms with Crippen LogP contribution in [0.15, 0.2) is 40.9 Å². The van der Waals surface area contributed by atoms with Gasteiger partial charge < -0.3 is 4.74 Å². The Kier molecular flexibility index (Phi) is 3.62. The number of esters is 1. The van der Waals surface area contributed by atoms with Gasteiger partial charge >= 0.3 is 5.97 Å². The first-order chi connectivity index (χ1) is 7.77. The Morgan fingerprint density at radius 2 is 1.94 bits per heavy atom. The molecular weight excluding hydrogens is 224 g/mol. The van der Waals surface area contributed by atoms with Crippen molar-refractivity contribution in [1.82, 2.24) is 0 Å². The van der Waals surface area contributed by atoms with E-state index in [1.165, 1.54) is 5.56 Å². The molecule has 0 bridgehead atoms. The van der Waals surface area contributed by atoms with Crippen LogP contribution in [0.1, 0.15) is 18.4 Å². The summed E-state index contributed by atoms with van der Waals surface area (Å²) in [5, 5.41) is 0.280. The first-order valence-corrected chi connectivity index (χ1v) is 5.74. The molecule has 0 saturated heterocycles. The lowest BCUT2D eigenvalue weighted by Gasteiger charge is -2.15. The number of ether oxygens (including phenoxy) is 1. The summed E-state index contributed by atoms with van der Waals surface area (Å²) in [6, 6.07) is 10.2. The number of halogens is 1. The number of hydrogen-bond donors (Lipinski definition) is 0. The van der Waals surface area contributed by atoms with Crippen LogP contribution < -0.4 is 0 Å². The molecule has 0 N–H and O–H groups in total. The fraction of sp³-hybridized carbons (Fsp3) is 0.308. The maximum absolute atomic E-state index is 11.2.